The average Bonchev–Trinajstić information content (AvgIpc) is 2.18. The average molecular weight is 290 g/mol. The molecular weight excluding hydrogens is 272 g/mol. The molecule has 84 valence electrons. The summed E-state index contributed by atoms with van der Waals surface area (Å²) in [6.07, 6.45) is 5.77. The van der Waals surface area contributed by atoms with Crippen LogP contribution in [0.3, 0.4) is 0 Å². The third-order valence-electron chi connectivity index (χ3n) is 2.47. The second kappa shape index (κ2) is 7.29. The zero-order valence-corrected chi connectivity index (χ0v) is 11.5. The summed E-state index contributed by atoms with van der Waals surface area (Å²) >= 11 is 9.65. The van der Waals surface area contributed by atoms with Crippen LogP contribution in [0.1, 0.15) is 38.2 Å². The first kappa shape index (κ1) is 13.1. The van der Waals surface area contributed by atoms with Crippen molar-refractivity contribution in [1.29, 1.82) is 0 Å². The molecule has 0 nitrogen and oxygen atoms in total. The van der Waals surface area contributed by atoms with E-state index in [1.54, 1.807) is 0 Å². The minimum Gasteiger partial charge on any atom is -0.123 e. The second-order valence-corrected chi connectivity index (χ2v) is 5.44. The van der Waals surface area contributed by atoms with Gasteiger partial charge in [0.05, 0.1) is 0 Å². The van der Waals surface area contributed by atoms with Gasteiger partial charge < -0.3 is 0 Å². The molecule has 0 amide bonds. The molecule has 1 atom stereocenters. The fraction of sp³-hybridized carbons (Fsp3) is 0.538. The Morgan fingerprint density at radius 1 is 1.33 bits per heavy atom. The molecule has 0 aliphatic rings. The molecule has 1 aromatic carbocycles. The lowest BCUT2D eigenvalue weighted by molar-refractivity contribution is 0.640. The first-order valence-electron chi connectivity index (χ1n) is 5.61. The summed E-state index contributed by atoms with van der Waals surface area (Å²) in [7, 11) is 0. The van der Waals surface area contributed by atoms with E-state index in [0.717, 1.165) is 23.7 Å². The highest BCUT2D eigenvalue weighted by atomic mass is 79.9. The van der Waals surface area contributed by atoms with Crippen LogP contribution >= 0.6 is 27.5 Å². The van der Waals surface area contributed by atoms with Gasteiger partial charge in [-0.3, -0.25) is 0 Å². The SMILES string of the molecule is CCCC(Cl)CCCc1cccc(Br)c1. The van der Waals surface area contributed by atoms with Crippen LogP contribution in [0.2, 0.25) is 0 Å². The number of hydrogen-bond acceptors (Lipinski definition) is 0. The number of alkyl halides is 1. The molecule has 0 aliphatic carbocycles. The fourth-order valence-electron chi connectivity index (χ4n) is 1.68. The Bertz CT molecular complexity index is 286. The van der Waals surface area contributed by atoms with E-state index in [9.17, 15) is 0 Å². The lowest BCUT2D eigenvalue weighted by Crippen LogP contribution is -1.98. The third-order valence-corrected chi connectivity index (χ3v) is 3.40. The van der Waals surface area contributed by atoms with Crippen LogP contribution in [0, 0.1) is 0 Å². The van der Waals surface area contributed by atoms with Gasteiger partial charge in [0.1, 0.15) is 0 Å². The van der Waals surface area contributed by atoms with E-state index in [0.29, 0.717) is 5.38 Å². The van der Waals surface area contributed by atoms with Crippen LogP contribution in [0.5, 0.6) is 0 Å². The lowest BCUT2D eigenvalue weighted by atomic mass is 10.1. The van der Waals surface area contributed by atoms with Crippen molar-refractivity contribution in [2.75, 3.05) is 0 Å². The maximum atomic E-state index is 6.17. The van der Waals surface area contributed by atoms with Crippen molar-refractivity contribution >= 4 is 27.5 Å². The minimum atomic E-state index is 0.363. The molecule has 0 aliphatic heterocycles. The summed E-state index contributed by atoms with van der Waals surface area (Å²) < 4.78 is 1.16. The van der Waals surface area contributed by atoms with Crippen molar-refractivity contribution in [3.8, 4) is 0 Å². The molecular formula is C13H18BrCl. The zero-order chi connectivity index (χ0) is 11.1. The van der Waals surface area contributed by atoms with Gasteiger partial charge in [-0.15, -0.1) is 11.6 Å². The van der Waals surface area contributed by atoms with E-state index in [1.807, 2.05) is 0 Å². The number of aryl methyl sites for hydroxylation is 1. The van der Waals surface area contributed by atoms with E-state index < -0.39 is 0 Å². The molecule has 1 rings (SSSR count). The highest BCUT2D eigenvalue weighted by Crippen LogP contribution is 2.16. The zero-order valence-electron chi connectivity index (χ0n) is 9.18. The van der Waals surface area contributed by atoms with Gasteiger partial charge in [-0.2, -0.15) is 0 Å². The first-order chi connectivity index (χ1) is 7.22. The molecule has 0 bridgehead atoms. The Balaban J connectivity index is 2.25. The predicted octanol–water partition coefficient (Wildman–Crippen LogP) is 5.18. The van der Waals surface area contributed by atoms with Gasteiger partial charge in [-0.05, 0) is 43.4 Å². The number of benzene rings is 1. The molecule has 0 radical (unpaired) electrons. The normalized spacial score (nSPS) is 12.7. The molecule has 0 saturated carbocycles. The van der Waals surface area contributed by atoms with Crippen molar-refractivity contribution in [1.82, 2.24) is 0 Å². The van der Waals surface area contributed by atoms with Gasteiger partial charge in [0, 0.05) is 9.85 Å². The molecule has 2 heteroatoms. The molecule has 0 fully saturated rings. The highest BCUT2D eigenvalue weighted by molar-refractivity contribution is 9.10. The van der Waals surface area contributed by atoms with Gasteiger partial charge in [0.2, 0.25) is 0 Å². The predicted molar refractivity (Wildman–Crippen MR) is 71.6 cm³/mol. The standard InChI is InChI=1S/C13H18BrCl/c1-2-5-13(15)9-4-7-11-6-3-8-12(14)10-11/h3,6,8,10,13H,2,4-5,7,9H2,1H3. The quantitative estimate of drug-likeness (QED) is 0.633. The monoisotopic (exact) mass is 288 g/mol. The van der Waals surface area contributed by atoms with Crippen LogP contribution in [-0.4, -0.2) is 5.38 Å². The molecule has 0 N–H and O–H groups in total. The van der Waals surface area contributed by atoms with Crippen LogP contribution in [0.15, 0.2) is 28.7 Å². The van der Waals surface area contributed by atoms with Crippen LogP contribution in [-0.2, 0) is 6.42 Å². The van der Waals surface area contributed by atoms with Crippen molar-refractivity contribution in [2.24, 2.45) is 0 Å². The number of hydrogen-bond donors (Lipinski definition) is 0. The molecule has 0 spiro atoms. The third kappa shape index (κ3) is 5.58. The number of halogens is 2. The summed E-state index contributed by atoms with van der Waals surface area (Å²) in [4.78, 5) is 0. The van der Waals surface area contributed by atoms with Crippen LogP contribution < -0.4 is 0 Å². The molecule has 15 heavy (non-hydrogen) atoms. The molecule has 0 saturated heterocycles. The minimum absolute atomic E-state index is 0.363. The summed E-state index contributed by atoms with van der Waals surface area (Å²) in [5.41, 5.74) is 1.39. The second-order valence-electron chi connectivity index (χ2n) is 3.91. The van der Waals surface area contributed by atoms with E-state index in [4.69, 9.17) is 11.6 Å². The Morgan fingerprint density at radius 3 is 2.80 bits per heavy atom. The van der Waals surface area contributed by atoms with Gasteiger partial charge in [0.15, 0.2) is 0 Å². The van der Waals surface area contributed by atoms with E-state index in [2.05, 4.69) is 47.1 Å². The Kier molecular flexibility index (Phi) is 6.35. The van der Waals surface area contributed by atoms with E-state index in [-0.39, 0.29) is 0 Å². The van der Waals surface area contributed by atoms with E-state index in [1.165, 1.54) is 18.4 Å². The Hall–Kier alpha value is -0.0100. The maximum Gasteiger partial charge on any atom is 0.0336 e. The fourth-order valence-corrected chi connectivity index (χ4v) is 2.50. The topological polar surface area (TPSA) is 0 Å². The number of rotatable bonds is 6. The lowest BCUT2D eigenvalue weighted by Gasteiger charge is -2.07. The summed E-state index contributed by atoms with van der Waals surface area (Å²) in [6, 6.07) is 8.51. The largest absolute Gasteiger partial charge is 0.123 e. The van der Waals surface area contributed by atoms with Crippen LogP contribution in [0.25, 0.3) is 0 Å². The van der Waals surface area contributed by atoms with Gasteiger partial charge in [-0.1, -0.05) is 41.4 Å². The van der Waals surface area contributed by atoms with Gasteiger partial charge in [-0.25, -0.2) is 0 Å². The van der Waals surface area contributed by atoms with Crippen LogP contribution in [0.4, 0.5) is 0 Å². The Labute approximate surface area is 106 Å². The van der Waals surface area contributed by atoms with Crippen molar-refractivity contribution in [3.63, 3.8) is 0 Å². The summed E-state index contributed by atoms with van der Waals surface area (Å²) in [5, 5.41) is 0.363. The molecule has 1 unspecified atom stereocenters. The smallest absolute Gasteiger partial charge is 0.0336 e. The van der Waals surface area contributed by atoms with Gasteiger partial charge >= 0.3 is 0 Å². The van der Waals surface area contributed by atoms with Crippen molar-refractivity contribution < 1.29 is 0 Å². The van der Waals surface area contributed by atoms with Crippen molar-refractivity contribution in [3.05, 3.63) is 34.3 Å². The molecule has 0 aromatic heterocycles. The Morgan fingerprint density at radius 2 is 2.13 bits per heavy atom. The van der Waals surface area contributed by atoms with E-state index >= 15 is 0 Å². The highest BCUT2D eigenvalue weighted by Gasteiger charge is 2.02. The molecule has 0 heterocycles. The summed E-state index contributed by atoms with van der Waals surface area (Å²) in [6.45, 7) is 2.18. The summed E-state index contributed by atoms with van der Waals surface area (Å²) in [5.74, 6) is 0. The van der Waals surface area contributed by atoms with Crippen molar-refractivity contribution in [2.45, 2.75) is 44.4 Å². The first-order valence-corrected chi connectivity index (χ1v) is 6.84. The van der Waals surface area contributed by atoms with Gasteiger partial charge in [0.25, 0.3) is 0 Å². The molecule has 1 aromatic rings. The maximum absolute atomic E-state index is 6.17.